The van der Waals surface area contributed by atoms with E-state index in [0.717, 1.165) is 77.0 Å². The van der Waals surface area contributed by atoms with Crippen molar-refractivity contribution in [2.24, 2.45) is 0 Å². The third kappa shape index (κ3) is 39.9. The number of nitrogens with zero attached hydrogens (tertiary/aromatic N) is 1. The number of unbranched alkanes of at least 4 members (excludes halogenated alkanes) is 14. The Balaban J connectivity index is 4.42. The summed E-state index contributed by atoms with van der Waals surface area (Å²) in [5.41, 5.74) is 0. The molecule has 0 heterocycles. The highest BCUT2D eigenvalue weighted by Gasteiger charge is 2.31. The van der Waals surface area contributed by atoms with E-state index in [0.29, 0.717) is 25.7 Å². The van der Waals surface area contributed by atoms with Crippen LogP contribution in [0.15, 0.2) is 85.1 Å². The Kier molecular flexibility index (Phi) is 39.8. The minimum Gasteiger partial charge on any atom is -0.477 e. The van der Waals surface area contributed by atoms with Crippen molar-refractivity contribution in [1.29, 1.82) is 0 Å². The number of hydrogen-bond donors (Lipinski definition) is 1. The number of quaternary nitrogens is 1. The van der Waals surface area contributed by atoms with Gasteiger partial charge in [0.25, 0.3) is 0 Å². The van der Waals surface area contributed by atoms with E-state index < -0.39 is 18.1 Å². The second-order valence-corrected chi connectivity index (χ2v) is 16.7. The minimum absolute atomic E-state index is 0.0375. The maximum absolute atomic E-state index is 12.7. The summed E-state index contributed by atoms with van der Waals surface area (Å²) in [6.45, 7) is 4.61. The fourth-order valence-electron chi connectivity index (χ4n) is 6.33. The van der Waals surface area contributed by atoms with Gasteiger partial charge in [-0.2, -0.15) is 0 Å². The van der Waals surface area contributed by atoms with Crippen molar-refractivity contribution in [3.8, 4) is 0 Å². The average molecular weight is 839 g/mol. The molecule has 0 spiro atoms. The molecule has 0 aliphatic carbocycles. The van der Waals surface area contributed by atoms with Crippen molar-refractivity contribution in [2.45, 2.75) is 187 Å². The molecule has 0 saturated carbocycles. The van der Waals surface area contributed by atoms with Crippen LogP contribution in [0.5, 0.6) is 0 Å². The number of carbonyl (C=O) groups is 3. The van der Waals surface area contributed by atoms with Gasteiger partial charge in [0.05, 0.1) is 34.4 Å². The first-order chi connectivity index (χ1) is 29.1. The van der Waals surface area contributed by atoms with Gasteiger partial charge in [-0.25, -0.2) is 4.79 Å². The maximum atomic E-state index is 12.7. The summed E-state index contributed by atoms with van der Waals surface area (Å²) in [5, 5.41) is 9.63. The van der Waals surface area contributed by atoms with Crippen LogP contribution in [0.4, 0.5) is 0 Å². The van der Waals surface area contributed by atoms with Crippen LogP contribution in [-0.4, -0.2) is 80.6 Å². The number of carboxylic acids is 1. The summed E-state index contributed by atoms with van der Waals surface area (Å²) in [4.78, 5) is 37.0. The number of carbonyl (C=O) groups excluding carboxylic acids is 2. The Morgan fingerprint density at radius 3 is 1.43 bits per heavy atom. The van der Waals surface area contributed by atoms with Gasteiger partial charge in [0.15, 0.2) is 12.1 Å². The molecule has 2 atom stereocenters. The topological polar surface area (TPSA) is 99.1 Å². The molecule has 0 aromatic carbocycles. The third-order valence-electron chi connectivity index (χ3n) is 10.0. The van der Waals surface area contributed by atoms with Gasteiger partial charge in [-0.1, -0.05) is 150 Å². The summed E-state index contributed by atoms with van der Waals surface area (Å²) in [5.74, 6) is -1.55. The highest BCUT2D eigenvalue weighted by molar-refractivity contribution is 5.72. The Labute approximate surface area is 367 Å². The van der Waals surface area contributed by atoms with Crippen LogP contribution in [0.1, 0.15) is 174 Å². The quantitative estimate of drug-likeness (QED) is 0.0215. The molecule has 0 fully saturated rings. The van der Waals surface area contributed by atoms with Crippen LogP contribution in [0.2, 0.25) is 0 Å². The normalized spacial score (nSPS) is 13.7. The number of allylic oxidation sites excluding steroid dienone is 14. The second kappa shape index (κ2) is 42.2. The monoisotopic (exact) mass is 839 g/mol. The van der Waals surface area contributed by atoms with Crippen molar-refractivity contribution >= 4 is 17.9 Å². The lowest BCUT2D eigenvalue weighted by molar-refractivity contribution is -0.887. The molecule has 0 aromatic rings. The zero-order valence-electron chi connectivity index (χ0n) is 38.9. The fourth-order valence-corrected chi connectivity index (χ4v) is 6.33. The highest BCUT2D eigenvalue weighted by Crippen LogP contribution is 2.13. The Bertz CT molecular complexity index is 1250. The fraction of sp³-hybridized carbons (Fsp3) is 0.673. The molecule has 0 aliphatic rings. The molecular weight excluding hydrogens is 751 g/mol. The maximum Gasteiger partial charge on any atom is 0.362 e. The molecule has 342 valence electrons. The van der Waals surface area contributed by atoms with Gasteiger partial charge in [-0.15, -0.1) is 0 Å². The average Bonchev–Trinajstić information content (AvgIpc) is 3.21. The number of ether oxygens (including phenoxy) is 3. The van der Waals surface area contributed by atoms with Crippen LogP contribution in [0.3, 0.4) is 0 Å². The van der Waals surface area contributed by atoms with Gasteiger partial charge in [0, 0.05) is 19.3 Å². The molecule has 0 amide bonds. The van der Waals surface area contributed by atoms with Gasteiger partial charge in [0.2, 0.25) is 0 Å². The van der Waals surface area contributed by atoms with Gasteiger partial charge >= 0.3 is 17.9 Å². The summed E-state index contributed by atoms with van der Waals surface area (Å²) in [6.07, 6.45) is 54.8. The largest absolute Gasteiger partial charge is 0.477 e. The van der Waals surface area contributed by atoms with E-state index >= 15 is 0 Å². The van der Waals surface area contributed by atoms with Crippen molar-refractivity contribution < 1.29 is 38.2 Å². The molecule has 1 N–H and O–H groups in total. The lowest BCUT2D eigenvalue weighted by Crippen LogP contribution is -2.50. The molecule has 0 aromatic heterocycles. The molecule has 0 radical (unpaired) electrons. The van der Waals surface area contributed by atoms with Gasteiger partial charge in [-0.05, 0) is 89.9 Å². The molecule has 0 aliphatic heterocycles. The van der Waals surface area contributed by atoms with Gasteiger partial charge in [0.1, 0.15) is 6.61 Å². The van der Waals surface area contributed by atoms with E-state index in [1.54, 1.807) is 0 Å². The first kappa shape index (κ1) is 56.5. The lowest BCUT2D eigenvalue weighted by Gasteiger charge is -2.31. The van der Waals surface area contributed by atoms with Crippen molar-refractivity contribution in [3.05, 3.63) is 85.1 Å². The predicted octanol–water partition coefficient (Wildman–Crippen LogP) is 13.3. The van der Waals surface area contributed by atoms with Crippen LogP contribution in [0.25, 0.3) is 0 Å². The number of hydrogen-bond acceptors (Lipinski definition) is 6. The molecule has 0 bridgehead atoms. The first-order valence-corrected chi connectivity index (χ1v) is 23.6. The first-order valence-electron chi connectivity index (χ1n) is 23.6. The zero-order valence-corrected chi connectivity index (χ0v) is 38.9. The van der Waals surface area contributed by atoms with Crippen LogP contribution in [0, 0.1) is 0 Å². The van der Waals surface area contributed by atoms with Crippen molar-refractivity contribution in [1.82, 2.24) is 0 Å². The second-order valence-electron chi connectivity index (χ2n) is 16.7. The lowest BCUT2D eigenvalue weighted by atomic mass is 10.1. The SMILES string of the molecule is CCCCC/C=C/C=C/CCCCCCCCC(=O)OC(COCCC(C(=O)O)[N+](C)(C)C)COC(=O)CCCC/C=C/C/C=C/C/C=C/C/C=C/C/C=C/CCCCC. The molecule has 60 heavy (non-hydrogen) atoms. The van der Waals surface area contributed by atoms with Gasteiger partial charge in [-0.3, -0.25) is 9.59 Å². The summed E-state index contributed by atoms with van der Waals surface area (Å²) < 4.78 is 17.2. The molecule has 2 unspecified atom stereocenters. The number of aliphatic carboxylic acids is 1. The Hall–Kier alpha value is -3.49. The van der Waals surface area contributed by atoms with Crippen LogP contribution in [-0.2, 0) is 28.6 Å². The number of rotatable bonds is 41. The zero-order chi connectivity index (χ0) is 44.2. The van der Waals surface area contributed by atoms with Gasteiger partial charge < -0.3 is 23.8 Å². The number of carboxylic acid groups (broad SMARTS) is 1. The highest BCUT2D eigenvalue weighted by atomic mass is 16.6. The summed E-state index contributed by atoms with van der Waals surface area (Å²) in [7, 11) is 5.50. The summed E-state index contributed by atoms with van der Waals surface area (Å²) in [6, 6.07) is -0.628. The number of esters is 2. The van der Waals surface area contributed by atoms with Crippen LogP contribution >= 0.6 is 0 Å². The molecule has 8 heteroatoms. The van der Waals surface area contributed by atoms with E-state index in [9.17, 15) is 19.5 Å². The molecular formula is C52H88NO7+. The Morgan fingerprint density at radius 1 is 0.517 bits per heavy atom. The van der Waals surface area contributed by atoms with E-state index in [4.69, 9.17) is 14.2 Å². The summed E-state index contributed by atoms with van der Waals surface area (Å²) >= 11 is 0. The van der Waals surface area contributed by atoms with Crippen molar-refractivity contribution in [2.75, 3.05) is 41.0 Å². The van der Waals surface area contributed by atoms with E-state index in [1.165, 1.54) is 57.8 Å². The third-order valence-corrected chi connectivity index (χ3v) is 10.0. The molecule has 8 nitrogen and oxygen atoms in total. The Morgan fingerprint density at radius 2 is 0.933 bits per heavy atom. The smallest absolute Gasteiger partial charge is 0.362 e. The molecule has 0 saturated heterocycles. The van der Waals surface area contributed by atoms with E-state index in [2.05, 4.69) is 98.9 Å². The number of likely N-dealkylation sites (N-methyl/N-ethyl adjacent to an activating group) is 1. The standard InChI is InChI=1S/C52H87NO7/c1-6-8-10-12-14-16-18-20-22-23-24-25-26-27-29-30-32-34-36-38-40-42-50(54)59-47-48(46-58-45-44-49(52(56)57)53(3,4)5)60-51(55)43-41-39-37-35-33-31-28-21-19-17-15-13-11-9-7-2/h14-17,19-22,24-25,27,29,32,34,48-49H,6-13,18,23,26,28,30-31,33,35-47H2,1-5H3/p+1/b16-14+,17-15+,21-19+,22-20+,25-24+,29-27+,34-32+. The van der Waals surface area contributed by atoms with E-state index in [1.807, 2.05) is 21.1 Å². The van der Waals surface area contributed by atoms with E-state index in [-0.39, 0.29) is 36.2 Å². The van der Waals surface area contributed by atoms with Crippen LogP contribution < -0.4 is 0 Å². The minimum atomic E-state index is -0.886. The predicted molar refractivity (Wildman–Crippen MR) is 252 cm³/mol. The van der Waals surface area contributed by atoms with Crippen molar-refractivity contribution in [3.63, 3.8) is 0 Å². The molecule has 0 rings (SSSR count).